The minimum absolute atomic E-state index is 0.0119. The minimum atomic E-state index is -0.667. The predicted molar refractivity (Wildman–Crippen MR) is 103 cm³/mol. The number of nitrogens with zero attached hydrogens (tertiary/aromatic N) is 2. The van der Waals surface area contributed by atoms with Gasteiger partial charge in [0.2, 0.25) is 0 Å². The van der Waals surface area contributed by atoms with Crippen LogP contribution in [0, 0.1) is 22.7 Å². The zero-order valence-corrected chi connectivity index (χ0v) is 15.1. The number of rotatable bonds is 3. The van der Waals surface area contributed by atoms with Crippen LogP contribution in [-0.4, -0.2) is 4.98 Å². The average Bonchev–Trinajstić information content (AvgIpc) is 2.64. The first-order valence-corrected chi connectivity index (χ1v) is 8.29. The Morgan fingerprint density at radius 1 is 0.963 bits per heavy atom. The van der Waals surface area contributed by atoms with E-state index in [9.17, 15) is 15.3 Å². The van der Waals surface area contributed by atoms with E-state index < -0.39 is 5.56 Å². The van der Waals surface area contributed by atoms with Crippen LogP contribution in [0.15, 0.2) is 47.3 Å². The number of hydrogen-bond donors (Lipinski definition) is 2. The molecular formula is C19H10Cl2N4O2. The van der Waals surface area contributed by atoms with Gasteiger partial charge in [0.25, 0.3) is 5.56 Å². The summed E-state index contributed by atoms with van der Waals surface area (Å²) < 4.78 is 5.76. The van der Waals surface area contributed by atoms with Gasteiger partial charge in [-0.25, -0.2) is 0 Å². The quantitative estimate of drug-likeness (QED) is 0.677. The van der Waals surface area contributed by atoms with Crippen LogP contribution in [-0.2, 0) is 0 Å². The van der Waals surface area contributed by atoms with Crippen LogP contribution in [0.25, 0.3) is 11.1 Å². The smallest absolute Gasteiger partial charge is 0.268 e. The van der Waals surface area contributed by atoms with E-state index in [1.54, 1.807) is 42.5 Å². The van der Waals surface area contributed by atoms with Crippen molar-refractivity contribution in [3.63, 3.8) is 0 Å². The topological polar surface area (TPSA) is 116 Å². The molecule has 132 valence electrons. The van der Waals surface area contributed by atoms with Gasteiger partial charge in [0, 0.05) is 11.6 Å². The van der Waals surface area contributed by atoms with Crippen LogP contribution in [0.4, 0.5) is 5.82 Å². The third kappa shape index (κ3) is 3.58. The molecule has 6 nitrogen and oxygen atoms in total. The Balaban J connectivity index is 2.12. The van der Waals surface area contributed by atoms with Crippen molar-refractivity contribution in [1.82, 2.24) is 4.98 Å². The van der Waals surface area contributed by atoms with Crippen LogP contribution in [0.2, 0.25) is 10.0 Å². The van der Waals surface area contributed by atoms with Gasteiger partial charge in [-0.05, 0) is 29.8 Å². The third-order valence-electron chi connectivity index (χ3n) is 3.72. The van der Waals surface area contributed by atoms with Crippen LogP contribution < -0.4 is 16.0 Å². The number of nitrogens with one attached hydrogen (secondary N) is 1. The zero-order valence-electron chi connectivity index (χ0n) is 13.6. The molecule has 0 fully saturated rings. The summed E-state index contributed by atoms with van der Waals surface area (Å²) in [6.45, 7) is 0. The molecule has 3 rings (SSSR count). The summed E-state index contributed by atoms with van der Waals surface area (Å²) in [7, 11) is 0. The summed E-state index contributed by atoms with van der Waals surface area (Å²) in [4.78, 5) is 14.4. The molecule has 0 atom stereocenters. The van der Waals surface area contributed by atoms with E-state index in [1.807, 2.05) is 12.1 Å². The van der Waals surface area contributed by atoms with Crippen LogP contribution in [0.1, 0.15) is 11.1 Å². The molecule has 0 saturated carbocycles. The monoisotopic (exact) mass is 396 g/mol. The number of H-pyrrole nitrogens is 1. The largest absolute Gasteiger partial charge is 0.457 e. The molecule has 3 aromatic rings. The fourth-order valence-electron chi connectivity index (χ4n) is 2.52. The molecule has 27 heavy (non-hydrogen) atoms. The lowest BCUT2D eigenvalue weighted by Crippen LogP contribution is -2.16. The van der Waals surface area contributed by atoms with Crippen molar-refractivity contribution >= 4 is 29.0 Å². The fourth-order valence-corrected chi connectivity index (χ4v) is 2.81. The lowest BCUT2D eigenvalue weighted by atomic mass is 9.96. The Bertz CT molecular complexity index is 1190. The molecule has 0 bridgehead atoms. The van der Waals surface area contributed by atoms with Crippen LogP contribution >= 0.6 is 23.2 Å². The van der Waals surface area contributed by atoms with Crippen molar-refractivity contribution in [1.29, 1.82) is 10.5 Å². The van der Waals surface area contributed by atoms with Gasteiger partial charge in [0.05, 0.1) is 10.0 Å². The van der Waals surface area contributed by atoms with Crippen molar-refractivity contribution in [3.05, 3.63) is 74.0 Å². The van der Waals surface area contributed by atoms with Gasteiger partial charge in [-0.1, -0.05) is 35.3 Å². The number of aromatic nitrogens is 1. The van der Waals surface area contributed by atoms with Gasteiger partial charge in [-0.15, -0.1) is 0 Å². The fraction of sp³-hybridized carbons (Fsp3) is 0. The number of nitrogens with two attached hydrogens (primary N) is 1. The van der Waals surface area contributed by atoms with E-state index in [1.165, 1.54) is 0 Å². The summed E-state index contributed by atoms with van der Waals surface area (Å²) in [6, 6.07) is 15.2. The number of hydrogen-bond acceptors (Lipinski definition) is 5. The highest BCUT2D eigenvalue weighted by atomic mass is 35.5. The van der Waals surface area contributed by atoms with Crippen molar-refractivity contribution in [2.24, 2.45) is 0 Å². The summed E-state index contributed by atoms with van der Waals surface area (Å²) in [6.07, 6.45) is 0. The first-order chi connectivity index (χ1) is 12.9. The molecule has 0 aliphatic carbocycles. The third-order valence-corrected chi connectivity index (χ3v) is 4.46. The number of ether oxygens (including phenoxy) is 1. The van der Waals surface area contributed by atoms with Crippen molar-refractivity contribution in [2.45, 2.75) is 0 Å². The summed E-state index contributed by atoms with van der Waals surface area (Å²) in [5.74, 6) is 0.762. The van der Waals surface area contributed by atoms with Gasteiger partial charge in [0.15, 0.2) is 0 Å². The van der Waals surface area contributed by atoms with Gasteiger partial charge in [-0.3, -0.25) is 4.79 Å². The highest BCUT2D eigenvalue weighted by molar-refractivity contribution is 6.42. The van der Waals surface area contributed by atoms with E-state index >= 15 is 0 Å². The van der Waals surface area contributed by atoms with Gasteiger partial charge in [0.1, 0.15) is 40.6 Å². The molecule has 0 amide bonds. The van der Waals surface area contributed by atoms with Crippen molar-refractivity contribution in [2.75, 3.05) is 5.73 Å². The SMILES string of the molecule is N#Cc1c(N)[nH]c(=O)c(C#N)c1-c1cccc(Oc2ccc(Cl)c(Cl)c2)c1. The number of pyridine rings is 1. The molecule has 0 aliphatic heterocycles. The average molecular weight is 397 g/mol. The van der Waals surface area contributed by atoms with E-state index in [0.29, 0.717) is 27.1 Å². The number of nitrogen functional groups attached to an aromatic ring is 1. The summed E-state index contributed by atoms with van der Waals surface area (Å²) in [5, 5.41) is 19.5. The van der Waals surface area contributed by atoms with Gasteiger partial charge < -0.3 is 15.5 Å². The predicted octanol–water partition coefficient (Wildman–Crippen LogP) is 4.47. The van der Waals surface area contributed by atoms with Crippen molar-refractivity contribution in [3.8, 4) is 34.8 Å². The van der Waals surface area contributed by atoms with Crippen LogP contribution in [0.3, 0.4) is 0 Å². The Labute approximate surface area is 164 Å². The number of halogens is 2. The maximum atomic E-state index is 12.1. The Hall–Kier alpha value is -3.45. The molecule has 0 saturated heterocycles. The summed E-state index contributed by atoms with van der Waals surface area (Å²) >= 11 is 11.9. The number of nitriles is 2. The second kappa shape index (κ2) is 7.43. The number of aromatic amines is 1. The second-order valence-corrected chi connectivity index (χ2v) is 6.24. The Morgan fingerprint density at radius 2 is 1.67 bits per heavy atom. The van der Waals surface area contributed by atoms with Crippen molar-refractivity contribution < 1.29 is 4.74 Å². The molecule has 1 heterocycles. The standard InChI is InChI=1S/C19H10Cl2N4O2/c20-15-5-4-12(7-16(15)21)27-11-3-1-2-10(6-11)17-13(8-22)18(24)25-19(26)14(17)9-23/h1-7H,(H3,24,25,26). The molecule has 8 heteroatoms. The Morgan fingerprint density at radius 3 is 2.33 bits per heavy atom. The van der Waals surface area contributed by atoms with E-state index in [-0.39, 0.29) is 22.5 Å². The first-order valence-electron chi connectivity index (χ1n) is 7.54. The lowest BCUT2D eigenvalue weighted by molar-refractivity contribution is 0.483. The highest BCUT2D eigenvalue weighted by Crippen LogP contribution is 2.33. The molecule has 1 aromatic heterocycles. The molecule has 3 N–H and O–H groups in total. The highest BCUT2D eigenvalue weighted by Gasteiger charge is 2.18. The molecule has 0 radical (unpaired) electrons. The second-order valence-electron chi connectivity index (χ2n) is 5.42. The molecule has 0 unspecified atom stereocenters. The van der Waals surface area contributed by atoms with Crippen LogP contribution in [0.5, 0.6) is 11.5 Å². The maximum absolute atomic E-state index is 12.1. The molecule has 0 aliphatic rings. The summed E-state index contributed by atoms with van der Waals surface area (Å²) in [5.41, 5.74) is 5.48. The maximum Gasteiger partial charge on any atom is 0.268 e. The molecule has 2 aromatic carbocycles. The number of benzene rings is 2. The zero-order chi connectivity index (χ0) is 19.6. The first kappa shape index (κ1) is 18.3. The van der Waals surface area contributed by atoms with Gasteiger partial charge in [-0.2, -0.15) is 10.5 Å². The van der Waals surface area contributed by atoms with Gasteiger partial charge >= 0.3 is 0 Å². The number of anilines is 1. The minimum Gasteiger partial charge on any atom is -0.457 e. The normalized spacial score (nSPS) is 10.1. The Kier molecular flexibility index (Phi) is 5.05. The lowest BCUT2D eigenvalue weighted by Gasteiger charge is -2.11. The van der Waals surface area contributed by atoms with E-state index in [4.69, 9.17) is 33.7 Å². The molecular weight excluding hydrogens is 387 g/mol. The molecule has 0 spiro atoms. The van der Waals surface area contributed by atoms with E-state index in [0.717, 1.165) is 0 Å². The van der Waals surface area contributed by atoms with E-state index in [2.05, 4.69) is 4.98 Å².